The van der Waals surface area contributed by atoms with E-state index in [-0.39, 0.29) is 5.92 Å². The summed E-state index contributed by atoms with van der Waals surface area (Å²) < 4.78 is 2.18. The third kappa shape index (κ3) is 3.52. The van der Waals surface area contributed by atoms with Gasteiger partial charge in [-0.05, 0) is 82.2 Å². The lowest BCUT2D eigenvalue weighted by Crippen LogP contribution is -2.50. The van der Waals surface area contributed by atoms with Gasteiger partial charge in [-0.3, -0.25) is 4.79 Å². The Bertz CT molecular complexity index is 725. The first-order valence-corrected chi connectivity index (χ1v) is 11.9. The number of carbonyl (C=O) groups excluding carboxylic acids is 1. The fraction of sp³-hybridized carbons (Fsp3) is 0.826. The van der Waals surface area contributed by atoms with E-state index >= 15 is 0 Å². The molecule has 3 atom stereocenters. The van der Waals surface area contributed by atoms with Crippen LogP contribution in [0.2, 0.25) is 0 Å². The van der Waals surface area contributed by atoms with E-state index in [1.807, 2.05) is 12.4 Å². The number of aromatic nitrogens is 2. The number of nitrogens with one attached hydrogen (secondary N) is 1. The van der Waals surface area contributed by atoms with Crippen molar-refractivity contribution in [2.75, 3.05) is 13.1 Å². The monoisotopic (exact) mass is 399 g/mol. The highest BCUT2D eigenvalue weighted by molar-refractivity contribution is 5.80. The summed E-state index contributed by atoms with van der Waals surface area (Å²) in [6.07, 6.45) is 13.2. The van der Waals surface area contributed by atoms with Crippen molar-refractivity contribution >= 4 is 5.91 Å². The zero-order valence-electron chi connectivity index (χ0n) is 17.9. The van der Waals surface area contributed by atoms with Crippen molar-refractivity contribution in [2.24, 2.45) is 28.9 Å². The predicted molar refractivity (Wildman–Crippen MR) is 113 cm³/mol. The summed E-state index contributed by atoms with van der Waals surface area (Å²) in [7, 11) is 0. The molecule has 1 saturated heterocycles. The summed E-state index contributed by atoms with van der Waals surface area (Å²) >= 11 is 0. The topological polar surface area (TPSA) is 76.2 Å². The molecule has 1 aromatic rings. The number of nitrogens with zero attached hydrogens (tertiary/aromatic N) is 3. The number of imidazole rings is 1. The van der Waals surface area contributed by atoms with Crippen LogP contribution in [0.3, 0.4) is 0 Å². The molecule has 1 amide bonds. The maximum atomic E-state index is 13.9. The molecular weight excluding hydrogens is 362 g/mol. The van der Waals surface area contributed by atoms with E-state index in [4.69, 9.17) is 5.73 Å². The average Bonchev–Trinajstić information content (AvgIpc) is 3.19. The van der Waals surface area contributed by atoms with Crippen molar-refractivity contribution in [1.82, 2.24) is 19.8 Å². The molecule has 2 bridgehead atoms. The quantitative estimate of drug-likeness (QED) is 0.798. The molecule has 3 N–H and O–H groups in total. The van der Waals surface area contributed by atoms with Crippen LogP contribution in [0.1, 0.15) is 64.1 Å². The van der Waals surface area contributed by atoms with Crippen LogP contribution in [0.4, 0.5) is 0 Å². The van der Waals surface area contributed by atoms with E-state index in [0.717, 1.165) is 38.3 Å². The van der Waals surface area contributed by atoms with Gasteiger partial charge >= 0.3 is 0 Å². The number of carbonyl (C=O) groups is 1. The van der Waals surface area contributed by atoms with E-state index in [2.05, 4.69) is 26.7 Å². The largest absolute Gasteiger partial charge is 0.334 e. The fourth-order valence-corrected chi connectivity index (χ4v) is 6.73. The number of nitrogens with two attached hydrogens (primary N) is 1. The summed E-state index contributed by atoms with van der Waals surface area (Å²) in [4.78, 5) is 20.8. The molecule has 1 aliphatic heterocycles. The first-order chi connectivity index (χ1) is 14.1. The Hall–Kier alpha value is -1.40. The van der Waals surface area contributed by atoms with Crippen LogP contribution < -0.4 is 11.1 Å². The van der Waals surface area contributed by atoms with E-state index in [9.17, 15) is 4.79 Å². The van der Waals surface area contributed by atoms with Gasteiger partial charge in [0.1, 0.15) is 5.82 Å². The summed E-state index contributed by atoms with van der Waals surface area (Å²) in [6, 6.07) is 0.714. The van der Waals surface area contributed by atoms with Crippen LogP contribution in [0, 0.1) is 23.2 Å². The summed E-state index contributed by atoms with van der Waals surface area (Å²) in [5, 5.41) is 3.49. The van der Waals surface area contributed by atoms with Crippen molar-refractivity contribution in [3.63, 3.8) is 0 Å². The number of hydrogen-bond donors (Lipinski definition) is 2. The smallest absolute Gasteiger partial charge is 0.226 e. The van der Waals surface area contributed by atoms with Gasteiger partial charge in [0, 0.05) is 36.9 Å². The second-order valence-corrected chi connectivity index (χ2v) is 10.1. The first kappa shape index (κ1) is 19.6. The SMILES string of the molecule is CCn1ccnc1CN(C(=O)C1CC2CCCC(C1)C2N)C1CC12CCNCC2. The normalized spacial score (nSPS) is 35.4. The summed E-state index contributed by atoms with van der Waals surface area (Å²) in [5.41, 5.74) is 6.86. The molecule has 3 saturated carbocycles. The number of rotatable bonds is 5. The molecule has 160 valence electrons. The van der Waals surface area contributed by atoms with Gasteiger partial charge < -0.3 is 20.5 Å². The molecular formula is C23H37N5O. The highest BCUT2D eigenvalue weighted by atomic mass is 16.2. The van der Waals surface area contributed by atoms with Gasteiger partial charge in [-0.15, -0.1) is 0 Å². The average molecular weight is 400 g/mol. The zero-order valence-corrected chi connectivity index (χ0v) is 17.9. The molecule has 5 rings (SSSR count). The maximum absolute atomic E-state index is 13.9. The molecule has 3 unspecified atom stereocenters. The molecule has 6 heteroatoms. The summed E-state index contributed by atoms with van der Waals surface area (Å²) in [5.74, 6) is 2.67. The maximum Gasteiger partial charge on any atom is 0.226 e. The van der Waals surface area contributed by atoms with E-state index < -0.39 is 0 Å². The van der Waals surface area contributed by atoms with Crippen LogP contribution >= 0.6 is 0 Å². The molecule has 0 aromatic carbocycles. The van der Waals surface area contributed by atoms with Crippen molar-refractivity contribution in [2.45, 2.75) is 83.5 Å². The lowest BCUT2D eigenvalue weighted by molar-refractivity contribution is -0.140. The van der Waals surface area contributed by atoms with Gasteiger partial charge in [0.25, 0.3) is 0 Å². The zero-order chi connectivity index (χ0) is 20.0. The van der Waals surface area contributed by atoms with Crippen molar-refractivity contribution < 1.29 is 4.79 Å². The summed E-state index contributed by atoms with van der Waals surface area (Å²) in [6.45, 7) is 5.89. The molecule has 2 heterocycles. The molecule has 3 aliphatic carbocycles. The molecule has 1 aromatic heterocycles. The minimum Gasteiger partial charge on any atom is -0.334 e. The van der Waals surface area contributed by atoms with Crippen molar-refractivity contribution in [1.29, 1.82) is 0 Å². The van der Waals surface area contributed by atoms with Crippen LogP contribution in [0.25, 0.3) is 0 Å². The van der Waals surface area contributed by atoms with Crippen molar-refractivity contribution in [3.8, 4) is 0 Å². The number of amides is 1. The Morgan fingerprint density at radius 3 is 2.72 bits per heavy atom. The minimum absolute atomic E-state index is 0.162. The molecule has 6 nitrogen and oxygen atoms in total. The molecule has 1 spiro atoms. The third-order valence-corrected chi connectivity index (χ3v) is 8.62. The number of fused-ring (bicyclic) bond motifs is 2. The number of aryl methyl sites for hydroxylation is 1. The minimum atomic E-state index is 0.162. The van der Waals surface area contributed by atoms with Gasteiger partial charge in [-0.1, -0.05) is 6.42 Å². The molecule has 0 radical (unpaired) electrons. The highest BCUT2D eigenvalue weighted by Crippen LogP contribution is 2.56. The molecule has 4 aliphatic rings. The Morgan fingerprint density at radius 1 is 1.31 bits per heavy atom. The Kier molecular flexibility index (Phi) is 5.19. The highest BCUT2D eigenvalue weighted by Gasteiger charge is 2.58. The van der Waals surface area contributed by atoms with Gasteiger partial charge in [-0.25, -0.2) is 4.98 Å². The third-order valence-electron chi connectivity index (χ3n) is 8.62. The fourth-order valence-electron chi connectivity index (χ4n) is 6.73. The van der Waals surface area contributed by atoms with Gasteiger partial charge in [0.05, 0.1) is 6.54 Å². The van der Waals surface area contributed by atoms with Crippen LogP contribution in [0.15, 0.2) is 12.4 Å². The lowest BCUT2D eigenvalue weighted by atomic mass is 9.65. The van der Waals surface area contributed by atoms with Crippen molar-refractivity contribution in [3.05, 3.63) is 18.2 Å². The Labute approximate surface area is 174 Å². The number of hydrogen-bond acceptors (Lipinski definition) is 4. The first-order valence-electron chi connectivity index (χ1n) is 11.9. The van der Waals surface area contributed by atoms with Gasteiger partial charge in [0.2, 0.25) is 5.91 Å². The van der Waals surface area contributed by atoms with Gasteiger partial charge in [0.15, 0.2) is 0 Å². The van der Waals surface area contributed by atoms with E-state index in [1.165, 1.54) is 38.5 Å². The molecule has 29 heavy (non-hydrogen) atoms. The lowest BCUT2D eigenvalue weighted by Gasteiger charge is -2.44. The van der Waals surface area contributed by atoms with Crippen LogP contribution in [-0.4, -0.2) is 45.5 Å². The second-order valence-electron chi connectivity index (χ2n) is 10.1. The van der Waals surface area contributed by atoms with Gasteiger partial charge in [-0.2, -0.15) is 0 Å². The van der Waals surface area contributed by atoms with Crippen LogP contribution in [-0.2, 0) is 17.9 Å². The Balaban J connectivity index is 1.37. The second kappa shape index (κ2) is 7.69. The predicted octanol–water partition coefficient (Wildman–Crippen LogP) is 2.53. The van der Waals surface area contributed by atoms with E-state index in [1.54, 1.807) is 0 Å². The van der Waals surface area contributed by atoms with E-state index in [0.29, 0.717) is 41.8 Å². The van der Waals surface area contributed by atoms with Crippen LogP contribution in [0.5, 0.6) is 0 Å². The standard InChI is InChI=1S/C23H37N5O/c1-2-27-11-10-26-20(27)15-28(19-14-23(19)6-8-25-9-7-23)22(29)18-12-16-4-3-5-17(13-18)21(16)24/h10-11,16-19,21,25H,2-9,12-15,24H2,1H3. The number of piperidine rings is 1. The molecule has 4 fully saturated rings. The Morgan fingerprint density at radius 2 is 2.03 bits per heavy atom.